The van der Waals surface area contributed by atoms with Crippen LogP contribution in [0.2, 0.25) is 0 Å². The summed E-state index contributed by atoms with van der Waals surface area (Å²) in [6, 6.07) is 3.16. The first-order chi connectivity index (χ1) is 9.02. The van der Waals surface area contributed by atoms with Crippen LogP contribution in [0.15, 0.2) is 18.3 Å². The molecule has 0 radical (unpaired) electrons. The van der Waals surface area contributed by atoms with E-state index in [1.165, 1.54) is 12.0 Å². The molecule has 0 aliphatic rings. The fourth-order valence-electron chi connectivity index (χ4n) is 1.35. The Morgan fingerprint density at radius 3 is 2.89 bits per heavy atom. The van der Waals surface area contributed by atoms with Crippen molar-refractivity contribution < 1.29 is 19.4 Å². The van der Waals surface area contributed by atoms with Crippen LogP contribution in [0, 0.1) is 0 Å². The van der Waals surface area contributed by atoms with Gasteiger partial charge in [0.15, 0.2) is 0 Å². The molecule has 0 aliphatic carbocycles. The van der Waals surface area contributed by atoms with E-state index in [0.29, 0.717) is 12.4 Å². The van der Waals surface area contributed by atoms with E-state index in [9.17, 15) is 9.59 Å². The van der Waals surface area contributed by atoms with Gasteiger partial charge in [-0.15, -0.1) is 0 Å². The van der Waals surface area contributed by atoms with Crippen LogP contribution in [0.25, 0.3) is 0 Å². The Bertz CT molecular complexity index is 450. The van der Waals surface area contributed by atoms with Crippen molar-refractivity contribution in [3.63, 3.8) is 0 Å². The van der Waals surface area contributed by atoms with Crippen molar-refractivity contribution in [1.29, 1.82) is 0 Å². The lowest BCUT2D eigenvalue weighted by molar-refractivity contribution is -0.137. The van der Waals surface area contributed by atoms with Gasteiger partial charge in [0.2, 0.25) is 5.88 Å². The molecule has 0 spiro atoms. The number of rotatable bonds is 6. The molecule has 1 aromatic rings. The summed E-state index contributed by atoms with van der Waals surface area (Å²) >= 11 is 0. The highest BCUT2D eigenvalue weighted by atomic mass is 16.5. The summed E-state index contributed by atoms with van der Waals surface area (Å²) in [4.78, 5) is 27.3. The summed E-state index contributed by atoms with van der Waals surface area (Å²) in [5, 5.41) is 11.2. The minimum absolute atomic E-state index is 0.0764. The second-order valence-electron chi connectivity index (χ2n) is 3.93. The van der Waals surface area contributed by atoms with E-state index in [4.69, 9.17) is 9.84 Å². The van der Waals surface area contributed by atoms with E-state index in [2.05, 4.69) is 10.3 Å². The van der Waals surface area contributed by atoms with Gasteiger partial charge in [-0.1, -0.05) is 0 Å². The number of hydrogen-bond acceptors (Lipinski definition) is 4. The van der Waals surface area contributed by atoms with Gasteiger partial charge in [0, 0.05) is 32.4 Å². The zero-order valence-corrected chi connectivity index (χ0v) is 10.9. The van der Waals surface area contributed by atoms with Crippen molar-refractivity contribution in [1.82, 2.24) is 15.2 Å². The molecule has 0 atom stereocenters. The highest BCUT2D eigenvalue weighted by molar-refractivity contribution is 5.75. The van der Waals surface area contributed by atoms with Gasteiger partial charge < -0.3 is 20.1 Å². The van der Waals surface area contributed by atoms with Gasteiger partial charge in [0.05, 0.1) is 13.5 Å². The quantitative estimate of drug-likeness (QED) is 0.791. The third-order valence-electron chi connectivity index (χ3n) is 2.46. The number of ether oxygens (including phenoxy) is 1. The summed E-state index contributed by atoms with van der Waals surface area (Å²) in [6.07, 6.45) is 1.52. The van der Waals surface area contributed by atoms with Crippen LogP contribution in [0.5, 0.6) is 5.88 Å². The third-order valence-corrected chi connectivity index (χ3v) is 2.46. The van der Waals surface area contributed by atoms with Crippen LogP contribution < -0.4 is 10.1 Å². The van der Waals surface area contributed by atoms with Crippen molar-refractivity contribution in [2.75, 3.05) is 20.7 Å². The molecule has 0 aliphatic heterocycles. The van der Waals surface area contributed by atoms with Gasteiger partial charge in [-0.3, -0.25) is 4.79 Å². The number of pyridine rings is 1. The minimum atomic E-state index is -0.932. The van der Waals surface area contributed by atoms with Gasteiger partial charge in [-0.05, 0) is 11.6 Å². The normalized spacial score (nSPS) is 9.79. The largest absolute Gasteiger partial charge is 0.481 e. The second kappa shape index (κ2) is 7.20. The number of aliphatic carboxylic acids is 1. The molecule has 7 nitrogen and oxygen atoms in total. The topological polar surface area (TPSA) is 91.8 Å². The number of carboxylic acid groups (broad SMARTS) is 1. The van der Waals surface area contributed by atoms with Crippen LogP contribution in [0.1, 0.15) is 12.0 Å². The van der Waals surface area contributed by atoms with Crippen LogP contribution in [-0.2, 0) is 11.3 Å². The van der Waals surface area contributed by atoms with Crippen LogP contribution >= 0.6 is 0 Å². The Labute approximate surface area is 111 Å². The molecule has 1 heterocycles. The number of methoxy groups -OCH3 is 1. The smallest absolute Gasteiger partial charge is 0.317 e. The minimum Gasteiger partial charge on any atom is -0.481 e. The standard InChI is InChI=1S/C12H17N3O4/c1-15(6-4-11(16)17)12(18)14-8-9-3-5-13-10(7-9)19-2/h3,5,7H,4,6,8H2,1-2H3,(H,14,18)(H,16,17). The van der Waals surface area contributed by atoms with E-state index in [1.54, 1.807) is 25.4 Å². The van der Waals surface area contributed by atoms with Crippen molar-refractivity contribution >= 4 is 12.0 Å². The number of aromatic nitrogens is 1. The Morgan fingerprint density at radius 1 is 1.53 bits per heavy atom. The fraction of sp³-hybridized carbons (Fsp3) is 0.417. The molecule has 19 heavy (non-hydrogen) atoms. The molecule has 0 aromatic carbocycles. The first-order valence-corrected chi connectivity index (χ1v) is 5.72. The molecule has 2 N–H and O–H groups in total. The molecule has 0 bridgehead atoms. The van der Waals surface area contributed by atoms with E-state index in [-0.39, 0.29) is 19.0 Å². The van der Waals surface area contributed by atoms with E-state index in [1.807, 2.05) is 0 Å². The molecule has 0 saturated heterocycles. The van der Waals surface area contributed by atoms with Crippen molar-refractivity contribution in [3.05, 3.63) is 23.9 Å². The average molecular weight is 267 g/mol. The number of urea groups is 1. The Kier molecular flexibility index (Phi) is 5.59. The fourth-order valence-corrected chi connectivity index (χ4v) is 1.35. The molecule has 1 rings (SSSR count). The molecular formula is C12H17N3O4. The maximum Gasteiger partial charge on any atom is 0.317 e. The molecule has 0 fully saturated rings. The number of nitrogens with zero attached hydrogens (tertiary/aromatic N) is 2. The zero-order chi connectivity index (χ0) is 14.3. The summed E-state index contributed by atoms with van der Waals surface area (Å²) < 4.78 is 4.97. The van der Waals surface area contributed by atoms with Crippen LogP contribution in [-0.4, -0.2) is 47.7 Å². The first kappa shape index (κ1) is 14.7. The van der Waals surface area contributed by atoms with Gasteiger partial charge in [0.1, 0.15) is 0 Å². The maximum atomic E-state index is 11.7. The molecule has 104 valence electrons. The molecule has 2 amide bonds. The summed E-state index contributed by atoms with van der Waals surface area (Å²) in [5.74, 6) is -0.454. The van der Waals surface area contributed by atoms with Gasteiger partial charge >= 0.3 is 12.0 Å². The lowest BCUT2D eigenvalue weighted by Crippen LogP contribution is -2.37. The highest BCUT2D eigenvalue weighted by Gasteiger charge is 2.09. The average Bonchev–Trinajstić information content (AvgIpc) is 2.42. The number of carbonyl (C=O) groups excluding carboxylic acids is 1. The van der Waals surface area contributed by atoms with Gasteiger partial charge in [-0.2, -0.15) is 0 Å². The SMILES string of the molecule is COc1cc(CNC(=O)N(C)CCC(=O)O)ccn1. The maximum absolute atomic E-state index is 11.7. The van der Waals surface area contributed by atoms with Crippen LogP contribution in [0.3, 0.4) is 0 Å². The summed E-state index contributed by atoms with van der Waals surface area (Å²) in [5.41, 5.74) is 0.854. The predicted octanol–water partition coefficient (Wildman–Crippen LogP) is 0.706. The number of nitrogens with one attached hydrogen (secondary N) is 1. The summed E-state index contributed by atoms with van der Waals surface area (Å²) in [6.45, 7) is 0.496. The molecule has 0 saturated carbocycles. The van der Waals surface area contributed by atoms with E-state index < -0.39 is 5.97 Å². The summed E-state index contributed by atoms with van der Waals surface area (Å²) in [7, 11) is 3.07. The second-order valence-corrected chi connectivity index (χ2v) is 3.93. The molecule has 0 unspecified atom stereocenters. The van der Waals surface area contributed by atoms with E-state index in [0.717, 1.165) is 5.56 Å². The molecule has 1 aromatic heterocycles. The van der Waals surface area contributed by atoms with Crippen LogP contribution in [0.4, 0.5) is 4.79 Å². The predicted molar refractivity (Wildman–Crippen MR) is 67.9 cm³/mol. The zero-order valence-electron chi connectivity index (χ0n) is 10.9. The first-order valence-electron chi connectivity index (χ1n) is 5.72. The Balaban J connectivity index is 2.42. The monoisotopic (exact) mass is 267 g/mol. The Hall–Kier alpha value is -2.31. The molecule has 7 heteroatoms. The van der Waals surface area contributed by atoms with Crippen molar-refractivity contribution in [2.45, 2.75) is 13.0 Å². The number of hydrogen-bond donors (Lipinski definition) is 2. The van der Waals surface area contributed by atoms with Gasteiger partial charge in [-0.25, -0.2) is 9.78 Å². The number of carboxylic acids is 1. The van der Waals surface area contributed by atoms with Gasteiger partial charge in [0.25, 0.3) is 0 Å². The third kappa shape index (κ3) is 5.24. The van der Waals surface area contributed by atoms with Crippen molar-refractivity contribution in [2.24, 2.45) is 0 Å². The Morgan fingerprint density at radius 2 is 2.26 bits per heavy atom. The number of amides is 2. The lowest BCUT2D eigenvalue weighted by Gasteiger charge is -2.16. The van der Waals surface area contributed by atoms with Crippen molar-refractivity contribution in [3.8, 4) is 5.88 Å². The molecular weight excluding hydrogens is 250 g/mol. The highest BCUT2D eigenvalue weighted by Crippen LogP contribution is 2.08. The van der Waals surface area contributed by atoms with E-state index >= 15 is 0 Å². The lowest BCUT2D eigenvalue weighted by atomic mass is 10.2. The number of carbonyl (C=O) groups is 2.